The van der Waals surface area contributed by atoms with Crippen LogP contribution in [0.25, 0.3) is 0 Å². The number of nitrogens with zero attached hydrogens (tertiary/aromatic N) is 5. The molecule has 1 fully saturated rings. The van der Waals surface area contributed by atoms with Crippen molar-refractivity contribution in [2.45, 2.75) is 31.7 Å². The number of aromatic nitrogens is 3. The number of hydrogen-bond acceptors (Lipinski definition) is 9. The number of halogens is 3. The van der Waals surface area contributed by atoms with E-state index >= 15 is 0 Å². The molecular formula is C25H28F3N7O4S. The quantitative estimate of drug-likeness (QED) is 0.367. The van der Waals surface area contributed by atoms with Crippen LogP contribution in [-0.2, 0) is 22.7 Å². The number of sulfonamides is 1. The second-order valence-corrected chi connectivity index (χ2v) is 11.7. The zero-order valence-corrected chi connectivity index (χ0v) is 22.7. The van der Waals surface area contributed by atoms with Crippen LogP contribution in [0.1, 0.15) is 34.8 Å². The van der Waals surface area contributed by atoms with Crippen molar-refractivity contribution in [1.29, 1.82) is 0 Å². The molecule has 3 heterocycles. The molecule has 0 radical (unpaired) electrons. The molecule has 1 amide bonds. The standard InChI is InChI=1S/C25H28F3N7O4S/c1-24(37)10-12-35(15-24)22(36)16-6-8-18(9-7-16)32-23-31-14-19(25(26,27)28)20(33-23)30-13-17-5-4-11-29-21(17)34(2)40(3,38)39/h4-9,11,14,37H,10,12-13,15H2,1-3H3,(H2,30,31,32,33). The fraction of sp³-hybridized carbons (Fsp3) is 0.360. The van der Waals surface area contributed by atoms with Gasteiger partial charge in [-0.15, -0.1) is 0 Å². The average molecular weight is 580 g/mol. The summed E-state index contributed by atoms with van der Waals surface area (Å²) in [5, 5.41) is 15.6. The van der Waals surface area contributed by atoms with Crippen LogP contribution in [0.5, 0.6) is 0 Å². The molecule has 11 nitrogen and oxygen atoms in total. The number of aliphatic hydroxyl groups is 1. The van der Waals surface area contributed by atoms with Crippen LogP contribution >= 0.6 is 0 Å². The summed E-state index contributed by atoms with van der Waals surface area (Å²) >= 11 is 0. The van der Waals surface area contributed by atoms with Gasteiger partial charge in [-0.3, -0.25) is 9.10 Å². The Balaban J connectivity index is 1.53. The molecule has 1 saturated heterocycles. The Hall–Kier alpha value is -3.98. The van der Waals surface area contributed by atoms with Crippen LogP contribution in [0.15, 0.2) is 48.8 Å². The molecule has 1 aliphatic heterocycles. The number of carbonyl (C=O) groups excluding carboxylic acids is 1. The van der Waals surface area contributed by atoms with E-state index in [-0.39, 0.29) is 30.8 Å². The molecule has 1 unspecified atom stereocenters. The van der Waals surface area contributed by atoms with Crippen LogP contribution in [0.3, 0.4) is 0 Å². The molecule has 0 bridgehead atoms. The monoisotopic (exact) mass is 579 g/mol. The smallest absolute Gasteiger partial charge is 0.388 e. The normalized spacial score (nSPS) is 17.5. The number of rotatable bonds is 8. The lowest BCUT2D eigenvalue weighted by Crippen LogP contribution is -2.33. The number of carbonyl (C=O) groups is 1. The molecule has 214 valence electrons. The van der Waals surface area contributed by atoms with Gasteiger partial charge in [0, 0.05) is 55.9 Å². The van der Waals surface area contributed by atoms with Crippen LogP contribution in [0.2, 0.25) is 0 Å². The Morgan fingerprint density at radius 3 is 2.50 bits per heavy atom. The van der Waals surface area contributed by atoms with Crippen molar-refractivity contribution < 1.29 is 31.5 Å². The molecular weight excluding hydrogens is 551 g/mol. The first-order chi connectivity index (χ1) is 18.6. The first kappa shape index (κ1) is 29.0. The summed E-state index contributed by atoms with van der Waals surface area (Å²) in [6, 6.07) is 9.33. The van der Waals surface area contributed by atoms with E-state index in [1.54, 1.807) is 36.1 Å². The molecule has 1 atom stereocenters. The Bertz CT molecular complexity index is 1500. The summed E-state index contributed by atoms with van der Waals surface area (Å²) < 4.78 is 66.0. The second kappa shape index (κ2) is 10.9. The van der Waals surface area contributed by atoms with Crippen molar-refractivity contribution >= 4 is 39.2 Å². The maximum absolute atomic E-state index is 13.7. The van der Waals surface area contributed by atoms with Gasteiger partial charge >= 0.3 is 6.18 Å². The minimum absolute atomic E-state index is 0.0608. The SMILES string of the molecule is CN(c1ncccc1CNc1nc(Nc2ccc(C(=O)N3CCC(C)(O)C3)cc2)ncc1C(F)(F)F)S(C)(=O)=O. The minimum Gasteiger partial charge on any atom is -0.388 e. The van der Waals surface area contributed by atoms with Crippen molar-refractivity contribution in [2.24, 2.45) is 0 Å². The third-order valence-corrected chi connectivity index (χ3v) is 7.50. The van der Waals surface area contributed by atoms with Gasteiger partial charge in [0.25, 0.3) is 5.91 Å². The van der Waals surface area contributed by atoms with Crippen LogP contribution in [0, 0.1) is 0 Å². The van der Waals surface area contributed by atoms with Gasteiger partial charge in [-0.05, 0) is 43.7 Å². The Morgan fingerprint density at radius 2 is 1.90 bits per heavy atom. The third-order valence-electron chi connectivity index (χ3n) is 6.33. The van der Waals surface area contributed by atoms with Crippen molar-refractivity contribution in [1.82, 2.24) is 19.9 Å². The summed E-state index contributed by atoms with van der Waals surface area (Å²) in [6.07, 6.45) is -1.27. The molecule has 1 aliphatic rings. The van der Waals surface area contributed by atoms with E-state index < -0.39 is 33.2 Å². The summed E-state index contributed by atoms with van der Waals surface area (Å²) in [5.74, 6) is -0.831. The lowest BCUT2D eigenvalue weighted by atomic mass is 10.1. The van der Waals surface area contributed by atoms with Gasteiger partial charge in [0.05, 0.1) is 11.9 Å². The number of likely N-dealkylation sites (tertiary alicyclic amines) is 1. The molecule has 40 heavy (non-hydrogen) atoms. The van der Waals surface area contributed by atoms with Crippen LogP contribution in [-0.4, -0.2) is 71.3 Å². The van der Waals surface area contributed by atoms with Gasteiger partial charge in [0.15, 0.2) is 0 Å². The van der Waals surface area contributed by atoms with Gasteiger partial charge < -0.3 is 20.6 Å². The van der Waals surface area contributed by atoms with E-state index in [0.717, 1.165) is 10.6 Å². The second-order valence-electron chi connectivity index (χ2n) is 9.70. The van der Waals surface area contributed by atoms with E-state index in [1.165, 1.54) is 25.4 Å². The van der Waals surface area contributed by atoms with Gasteiger partial charge in [-0.1, -0.05) is 6.07 Å². The molecule has 15 heteroatoms. The first-order valence-corrected chi connectivity index (χ1v) is 13.9. The average Bonchev–Trinajstić information content (AvgIpc) is 3.25. The van der Waals surface area contributed by atoms with Gasteiger partial charge in [-0.2, -0.15) is 18.2 Å². The number of nitrogens with one attached hydrogen (secondary N) is 2. The van der Waals surface area contributed by atoms with Crippen molar-refractivity contribution in [3.05, 3.63) is 65.5 Å². The predicted octanol–water partition coefficient (Wildman–Crippen LogP) is 3.24. The Labute approximate surface area is 229 Å². The highest BCUT2D eigenvalue weighted by Crippen LogP contribution is 2.34. The maximum atomic E-state index is 13.7. The fourth-order valence-corrected chi connectivity index (χ4v) is 4.58. The lowest BCUT2D eigenvalue weighted by molar-refractivity contribution is -0.137. The highest BCUT2D eigenvalue weighted by Gasteiger charge is 2.36. The molecule has 0 saturated carbocycles. The van der Waals surface area contributed by atoms with Crippen LogP contribution < -0.4 is 14.9 Å². The maximum Gasteiger partial charge on any atom is 0.421 e. The van der Waals surface area contributed by atoms with E-state index in [9.17, 15) is 31.5 Å². The largest absolute Gasteiger partial charge is 0.421 e. The number of alkyl halides is 3. The van der Waals surface area contributed by atoms with Crippen molar-refractivity contribution in [2.75, 3.05) is 41.3 Å². The fourth-order valence-electron chi connectivity index (χ4n) is 4.10. The highest BCUT2D eigenvalue weighted by atomic mass is 32.2. The highest BCUT2D eigenvalue weighted by molar-refractivity contribution is 7.92. The topological polar surface area (TPSA) is 141 Å². The number of hydrogen-bond donors (Lipinski definition) is 3. The Kier molecular flexibility index (Phi) is 7.90. The third kappa shape index (κ3) is 6.77. The minimum atomic E-state index is -4.76. The zero-order chi connectivity index (χ0) is 29.3. The van der Waals surface area contributed by atoms with E-state index in [4.69, 9.17) is 0 Å². The summed E-state index contributed by atoms with van der Waals surface area (Å²) in [5.41, 5.74) is -0.880. The number of benzene rings is 1. The summed E-state index contributed by atoms with van der Waals surface area (Å²) in [4.78, 5) is 26.1. The molecule has 4 rings (SSSR count). The number of β-amino-alcohol motifs (C(OH)–C–C–N with tert-alkyl or cyclic N) is 1. The molecule has 3 N–H and O–H groups in total. The van der Waals surface area contributed by atoms with E-state index in [2.05, 4.69) is 25.6 Å². The molecule has 2 aromatic heterocycles. The van der Waals surface area contributed by atoms with E-state index in [1.807, 2.05) is 0 Å². The van der Waals surface area contributed by atoms with Crippen molar-refractivity contribution in [3.63, 3.8) is 0 Å². The lowest BCUT2D eigenvalue weighted by Gasteiger charge is -2.20. The van der Waals surface area contributed by atoms with Crippen LogP contribution in [0.4, 0.5) is 36.4 Å². The Morgan fingerprint density at radius 1 is 1.20 bits per heavy atom. The molecule has 3 aromatic rings. The van der Waals surface area contributed by atoms with E-state index in [0.29, 0.717) is 36.0 Å². The summed E-state index contributed by atoms with van der Waals surface area (Å²) in [7, 11) is -2.37. The van der Waals surface area contributed by atoms with Gasteiger partial charge in [0.1, 0.15) is 17.2 Å². The number of anilines is 4. The van der Waals surface area contributed by atoms with Crippen molar-refractivity contribution in [3.8, 4) is 0 Å². The van der Waals surface area contributed by atoms with Gasteiger partial charge in [-0.25, -0.2) is 18.4 Å². The summed E-state index contributed by atoms with van der Waals surface area (Å²) in [6.45, 7) is 2.13. The molecule has 0 aliphatic carbocycles. The van der Waals surface area contributed by atoms with Gasteiger partial charge in [0.2, 0.25) is 16.0 Å². The number of pyridine rings is 1. The first-order valence-electron chi connectivity index (χ1n) is 12.1. The molecule has 1 aromatic carbocycles. The number of amides is 1. The zero-order valence-electron chi connectivity index (χ0n) is 21.9. The predicted molar refractivity (Wildman–Crippen MR) is 143 cm³/mol. The molecule has 0 spiro atoms.